The SMILES string of the molecule is CCn1ncc(C(C)NS(=O)(=O)c2ccc(F)c(F)c2)c1C. The molecule has 0 fully saturated rings. The van der Waals surface area contributed by atoms with Gasteiger partial charge in [-0.3, -0.25) is 4.68 Å². The molecule has 120 valence electrons. The zero-order valence-corrected chi connectivity index (χ0v) is 13.3. The van der Waals surface area contributed by atoms with Gasteiger partial charge in [0.05, 0.1) is 11.1 Å². The number of aromatic nitrogens is 2. The molecule has 22 heavy (non-hydrogen) atoms. The van der Waals surface area contributed by atoms with Gasteiger partial charge < -0.3 is 0 Å². The van der Waals surface area contributed by atoms with E-state index < -0.39 is 27.7 Å². The molecule has 2 aromatic rings. The van der Waals surface area contributed by atoms with Crippen LogP contribution in [0.1, 0.15) is 31.1 Å². The van der Waals surface area contributed by atoms with Crippen LogP contribution in [0.4, 0.5) is 8.78 Å². The van der Waals surface area contributed by atoms with E-state index in [1.165, 1.54) is 0 Å². The first-order valence-electron chi connectivity index (χ1n) is 6.76. The second-order valence-electron chi connectivity index (χ2n) is 4.92. The van der Waals surface area contributed by atoms with E-state index in [1.807, 2.05) is 13.8 Å². The third-order valence-electron chi connectivity index (χ3n) is 3.44. The van der Waals surface area contributed by atoms with Crippen LogP contribution in [0.25, 0.3) is 0 Å². The van der Waals surface area contributed by atoms with Crippen LogP contribution >= 0.6 is 0 Å². The number of sulfonamides is 1. The van der Waals surface area contributed by atoms with Gasteiger partial charge in [-0.05, 0) is 39.0 Å². The first-order valence-corrected chi connectivity index (χ1v) is 8.24. The number of hydrogen-bond acceptors (Lipinski definition) is 3. The van der Waals surface area contributed by atoms with Crippen LogP contribution in [0.5, 0.6) is 0 Å². The fourth-order valence-corrected chi connectivity index (χ4v) is 3.45. The predicted octanol–water partition coefficient (Wildman–Crippen LogP) is 2.53. The van der Waals surface area contributed by atoms with Crippen LogP contribution in [0.15, 0.2) is 29.3 Å². The van der Waals surface area contributed by atoms with Gasteiger partial charge in [-0.2, -0.15) is 5.10 Å². The molecule has 2 rings (SSSR count). The molecule has 0 spiro atoms. The van der Waals surface area contributed by atoms with Gasteiger partial charge >= 0.3 is 0 Å². The molecule has 8 heteroatoms. The van der Waals surface area contributed by atoms with Crippen molar-refractivity contribution >= 4 is 10.0 Å². The lowest BCUT2D eigenvalue weighted by Crippen LogP contribution is -2.27. The van der Waals surface area contributed by atoms with E-state index in [0.29, 0.717) is 12.6 Å². The van der Waals surface area contributed by atoms with Crippen molar-refractivity contribution in [2.24, 2.45) is 0 Å². The van der Waals surface area contributed by atoms with E-state index in [0.717, 1.165) is 23.4 Å². The standard InChI is InChI=1S/C14H17F2N3O2S/c1-4-19-10(3)12(8-17-19)9(2)18-22(20,21)11-5-6-13(15)14(16)7-11/h5-9,18H,4H2,1-3H3. The van der Waals surface area contributed by atoms with Crippen LogP contribution in [0, 0.1) is 18.6 Å². The van der Waals surface area contributed by atoms with E-state index in [-0.39, 0.29) is 4.90 Å². The highest BCUT2D eigenvalue weighted by molar-refractivity contribution is 7.89. The highest BCUT2D eigenvalue weighted by atomic mass is 32.2. The fraction of sp³-hybridized carbons (Fsp3) is 0.357. The molecule has 0 radical (unpaired) electrons. The van der Waals surface area contributed by atoms with Crippen molar-refractivity contribution in [1.29, 1.82) is 0 Å². The molecule has 1 heterocycles. The van der Waals surface area contributed by atoms with Crippen LogP contribution in [-0.4, -0.2) is 18.2 Å². The van der Waals surface area contributed by atoms with Gasteiger partial charge in [-0.25, -0.2) is 21.9 Å². The Morgan fingerprint density at radius 2 is 2.00 bits per heavy atom. The first-order chi connectivity index (χ1) is 10.3. The largest absolute Gasteiger partial charge is 0.270 e. The summed E-state index contributed by atoms with van der Waals surface area (Å²) in [7, 11) is -3.95. The van der Waals surface area contributed by atoms with Crippen LogP contribution in [-0.2, 0) is 16.6 Å². The normalized spacial score (nSPS) is 13.3. The average molecular weight is 329 g/mol. The zero-order valence-electron chi connectivity index (χ0n) is 12.5. The van der Waals surface area contributed by atoms with Gasteiger partial charge in [-0.1, -0.05) is 0 Å². The highest BCUT2D eigenvalue weighted by Gasteiger charge is 2.22. The molecule has 0 saturated carbocycles. The summed E-state index contributed by atoms with van der Waals surface area (Å²) < 4.78 is 54.8. The maximum atomic E-state index is 13.2. The Bertz CT molecular complexity index is 787. The number of hydrogen-bond donors (Lipinski definition) is 1. The summed E-state index contributed by atoms with van der Waals surface area (Å²) in [5.41, 5.74) is 1.58. The highest BCUT2D eigenvalue weighted by Crippen LogP contribution is 2.21. The molecule has 0 amide bonds. The summed E-state index contributed by atoms with van der Waals surface area (Å²) in [6, 6.07) is 1.93. The lowest BCUT2D eigenvalue weighted by atomic mass is 10.1. The van der Waals surface area contributed by atoms with E-state index in [9.17, 15) is 17.2 Å². The lowest BCUT2D eigenvalue weighted by molar-refractivity contribution is 0.503. The van der Waals surface area contributed by atoms with Gasteiger partial charge in [0.2, 0.25) is 10.0 Å². The topological polar surface area (TPSA) is 64.0 Å². The predicted molar refractivity (Wildman–Crippen MR) is 77.7 cm³/mol. The molecule has 1 atom stereocenters. The molecular weight excluding hydrogens is 312 g/mol. The van der Waals surface area contributed by atoms with Gasteiger partial charge in [0, 0.05) is 23.8 Å². The first kappa shape index (κ1) is 16.6. The molecule has 0 aliphatic heterocycles. The van der Waals surface area contributed by atoms with E-state index >= 15 is 0 Å². The second kappa shape index (κ2) is 6.13. The molecule has 0 bridgehead atoms. The smallest absolute Gasteiger partial charge is 0.241 e. The number of nitrogens with zero attached hydrogens (tertiary/aromatic N) is 2. The fourth-order valence-electron chi connectivity index (χ4n) is 2.21. The number of rotatable bonds is 5. The van der Waals surface area contributed by atoms with Crippen LogP contribution in [0.2, 0.25) is 0 Å². The average Bonchev–Trinajstić information content (AvgIpc) is 2.82. The zero-order chi connectivity index (χ0) is 16.5. The van der Waals surface area contributed by atoms with Crippen molar-refractivity contribution in [3.8, 4) is 0 Å². The second-order valence-corrected chi connectivity index (χ2v) is 6.63. The van der Waals surface area contributed by atoms with Gasteiger partial charge in [0.15, 0.2) is 11.6 Å². The Balaban J connectivity index is 2.27. The summed E-state index contributed by atoms with van der Waals surface area (Å²) in [6.45, 7) is 6.12. The molecule has 1 unspecified atom stereocenters. The summed E-state index contributed by atoms with van der Waals surface area (Å²) in [4.78, 5) is -0.321. The monoisotopic (exact) mass is 329 g/mol. The quantitative estimate of drug-likeness (QED) is 0.917. The molecule has 1 N–H and O–H groups in total. The van der Waals surface area contributed by atoms with E-state index in [4.69, 9.17) is 0 Å². The third-order valence-corrected chi connectivity index (χ3v) is 4.98. The summed E-state index contributed by atoms with van der Waals surface area (Å²) >= 11 is 0. The van der Waals surface area contributed by atoms with Crippen molar-refractivity contribution in [2.45, 2.75) is 38.3 Å². The molecular formula is C14H17F2N3O2S. The van der Waals surface area contributed by atoms with Crippen molar-refractivity contribution < 1.29 is 17.2 Å². The minimum Gasteiger partial charge on any atom is -0.270 e. The van der Waals surface area contributed by atoms with Crippen molar-refractivity contribution in [3.05, 3.63) is 47.3 Å². The summed E-state index contributed by atoms with van der Waals surface area (Å²) in [5.74, 6) is -2.29. The Morgan fingerprint density at radius 3 is 2.55 bits per heavy atom. The van der Waals surface area contributed by atoms with Gasteiger partial charge in [0.25, 0.3) is 0 Å². The van der Waals surface area contributed by atoms with E-state index in [1.54, 1.807) is 17.8 Å². The minimum absolute atomic E-state index is 0.321. The molecule has 1 aromatic heterocycles. The maximum Gasteiger partial charge on any atom is 0.241 e. The number of aryl methyl sites for hydroxylation is 1. The van der Waals surface area contributed by atoms with Crippen molar-refractivity contribution in [3.63, 3.8) is 0 Å². The Hall–Kier alpha value is -1.80. The van der Waals surface area contributed by atoms with Gasteiger partial charge in [0.1, 0.15) is 0 Å². The molecule has 1 aromatic carbocycles. The number of benzene rings is 1. The lowest BCUT2D eigenvalue weighted by Gasteiger charge is -2.14. The molecule has 0 aliphatic carbocycles. The Labute approximate surface area is 128 Å². The minimum atomic E-state index is -3.95. The number of halogens is 2. The Kier molecular flexibility index (Phi) is 4.62. The van der Waals surface area contributed by atoms with Crippen molar-refractivity contribution in [2.75, 3.05) is 0 Å². The summed E-state index contributed by atoms with van der Waals surface area (Å²) in [5, 5.41) is 4.16. The van der Waals surface area contributed by atoms with Crippen LogP contribution in [0.3, 0.4) is 0 Å². The van der Waals surface area contributed by atoms with Gasteiger partial charge in [-0.15, -0.1) is 0 Å². The van der Waals surface area contributed by atoms with Crippen molar-refractivity contribution in [1.82, 2.24) is 14.5 Å². The molecule has 0 aliphatic rings. The molecule has 5 nitrogen and oxygen atoms in total. The van der Waals surface area contributed by atoms with E-state index in [2.05, 4.69) is 9.82 Å². The maximum absolute atomic E-state index is 13.2. The summed E-state index contributed by atoms with van der Waals surface area (Å²) in [6.07, 6.45) is 1.59. The third kappa shape index (κ3) is 3.17. The Morgan fingerprint density at radius 1 is 1.32 bits per heavy atom. The molecule has 0 saturated heterocycles. The number of nitrogens with one attached hydrogen (secondary N) is 1. The van der Waals surface area contributed by atoms with Crippen LogP contribution < -0.4 is 4.72 Å².